The van der Waals surface area contributed by atoms with Gasteiger partial charge >= 0.3 is 6.03 Å². The van der Waals surface area contributed by atoms with E-state index >= 15 is 0 Å². The number of anilines is 3. The van der Waals surface area contributed by atoms with Gasteiger partial charge in [0.1, 0.15) is 5.75 Å². The van der Waals surface area contributed by atoms with Crippen molar-refractivity contribution in [1.29, 1.82) is 0 Å². The number of rotatable bonds is 4. The number of amides is 3. The van der Waals surface area contributed by atoms with Crippen LogP contribution in [0.25, 0.3) is 0 Å². The average molecular weight is 388 g/mol. The number of halogens is 1. The van der Waals surface area contributed by atoms with E-state index in [0.717, 1.165) is 0 Å². The van der Waals surface area contributed by atoms with Gasteiger partial charge in [0, 0.05) is 29.0 Å². The van der Waals surface area contributed by atoms with E-state index < -0.39 is 12.1 Å². The first-order valence-electron chi connectivity index (χ1n) is 8.79. The quantitative estimate of drug-likeness (QED) is 0.794. The summed E-state index contributed by atoms with van der Waals surface area (Å²) in [6.45, 7) is 6.46. The SMILES string of the molecule is CC(C)CN1C(=O)C(C)Oc2cc(NC(=O)Nc3cccc(Cl)c3)ccc21. The number of fused-ring (bicyclic) bond motifs is 1. The maximum absolute atomic E-state index is 12.4. The number of urea groups is 1. The van der Waals surface area contributed by atoms with Crippen LogP contribution in [0.1, 0.15) is 20.8 Å². The Morgan fingerprint density at radius 3 is 2.56 bits per heavy atom. The Bertz CT molecular complexity index is 869. The standard InChI is InChI=1S/C20H22ClN3O3/c1-12(2)11-24-17-8-7-16(10-18(17)27-13(3)19(24)25)23-20(26)22-15-6-4-5-14(21)9-15/h4-10,12-13H,11H2,1-3H3,(H2,22,23,26). The fourth-order valence-corrected chi connectivity index (χ4v) is 3.09. The van der Waals surface area contributed by atoms with Crippen LogP contribution in [-0.2, 0) is 4.79 Å². The van der Waals surface area contributed by atoms with Gasteiger partial charge in [0.15, 0.2) is 6.10 Å². The zero-order valence-corrected chi connectivity index (χ0v) is 16.2. The van der Waals surface area contributed by atoms with E-state index in [9.17, 15) is 9.59 Å². The molecule has 0 aliphatic carbocycles. The van der Waals surface area contributed by atoms with Gasteiger partial charge < -0.3 is 20.3 Å². The molecule has 1 heterocycles. The first-order chi connectivity index (χ1) is 12.8. The third kappa shape index (κ3) is 4.52. The molecule has 0 spiro atoms. The molecule has 2 N–H and O–H groups in total. The number of carbonyl (C=O) groups excluding carboxylic acids is 2. The van der Waals surface area contributed by atoms with Crippen LogP contribution >= 0.6 is 11.6 Å². The van der Waals surface area contributed by atoms with Crippen LogP contribution < -0.4 is 20.3 Å². The molecule has 0 bridgehead atoms. The molecule has 3 rings (SSSR count). The number of hydrogen-bond donors (Lipinski definition) is 2. The fourth-order valence-electron chi connectivity index (χ4n) is 2.90. The van der Waals surface area contributed by atoms with E-state index in [2.05, 4.69) is 24.5 Å². The van der Waals surface area contributed by atoms with Gasteiger partial charge in [-0.1, -0.05) is 31.5 Å². The molecule has 142 valence electrons. The van der Waals surface area contributed by atoms with Gasteiger partial charge in [-0.15, -0.1) is 0 Å². The van der Waals surface area contributed by atoms with Crippen molar-refractivity contribution in [1.82, 2.24) is 0 Å². The molecule has 0 radical (unpaired) electrons. The van der Waals surface area contributed by atoms with E-state index in [0.29, 0.717) is 40.3 Å². The lowest BCUT2D eigenvalue weighted by Gasteiger charge is -2.34. The zero-order chi connectivity index (χ0) is 19.6. The molecule has 3 amide bonds. The third-order valence-electron chi connectivity index (χ3n) is 4.06. The number of benzene rings is 2. The lowest BCUT2D eigenvalue weighted by atomic mass is 10.1. The normalized spacial score (nSPS) is 16.0. The van der Waals surface area contributed by atoms with Gasteiger partial charge in [-0.2, -0.15) is 0 Å². The minimum Gasteiger partial charge on any atom is -0.479 e. The van der Waals surface area contributed by atoms with Crippen molar-refractivity contribution in [2.24, 2.45) is 5.92 Å². The van der Waals surface area contributed by atoms with E-state index in [1.807, 2.05) is 0 Å². The molecular formula is C20H22ClN3O3. The number of ether oxygens (including phenoxy) is 1. The van der Waals surface area contributed by atoms with Crippen LogP contribution in [0.15, 0.2) is 42.5 Å². The fraction of sp³-hybridized carbons (Fsp3) is 0.300. The Hall–Kier alpha value is -2.73. The first-order valence-corrected chi connectivity index (χ1v) is 9.17. The van der Waals surface area contributed by atoms with E-state index in [1.165, 1.54) is 0 Å². The number of carbonyl (C=O) groups is 2. The smallest absolute Gasteiger partial charge is 0.323 e. The van der Waals surface area contributed by atoms with Crippen molar-refractivity contribution in [2.75, 3.05) is 22.1 Å². The zero-order valence-electron chi connectivity index (χ0n) is 15.5. The number of hydrogen-bond acceptors (Lipinski definition) is 3. The van der Waals surface area contributed by atoms with E-state index in [4.69, 9.17) is 16.3 Å². The summed E-state index contributed by atoms with van der Waals surface area (Å²) in [6, 6.07) is 11.8. The molecular weight excluding hydrogens is 366 g/mol. The molecule has 1 unspecified atom stereocenters. The summed E-state index contributed by atoms with van der Waals surface area (Å²) in [5.74, 6) is 0.840. The minimum atomic E-state index is -0.563. The highest BCUT2D eigenvalue weighted by Crippen LogP contribution is 2.36. The lowest BCUT2D eigenvalue weighted by molar-refractivity contribution is -0.125. The number of nitrogens with one attached hydrogen (secondary N) is 2. The van der Waals surface area contributed by atoms with Crippen molar-refractivity contribution in [3.8, 4) is 5.75 Å². The van der Waals surface area contributed by atoms with Crippen LogP contribution in [0.2, 0.25) is 5.02 Å². The summed E-state index contributed by atoms with van der Waals surface area (Å²) < 4.78 is 5.73. The monoisotopic (exact) mass is 387 g/mol. The highest BCUT2D eigenvalue weighted by molar-refractivity contribution is 6.30. The Labute approximate surface area is 163 Å². The molecule has 27 heavy (non-hydrogen) atoms. The van der Waals surface area contributed by atoms with Gasteiger partial charge in [-0.3, -0.25) is 4.79 Å². The topological polar surface area (TPSA) is 70.7 Å². The molecule has 1 aliphatic heterocycles. The van der Waals surface area contributed by atoms with Gasteiger partial charge in [0.25, 0.3) is 5.91 Å². The van der Waals surface area contributed by atoms with Gasteiger partial charge in [-0.25, -0.2) is 4.79 Å². The van der Waals surface area contributed by atoms with Crippen LogP contribution in [0.4, 0.5) is 21.9 Å². The summed E-state index contributed by atoms with van der Waals surface area (Å²) in [4.78, 5) is 26.4. The van der Waals surface area contributed by atoms with Crippen LogP contribution in [0, 0.1) is 5.92 Å². The van der Waals surface area contributed by atoms with Crippen LogP contribution in [0.5, 0.6) is 5.75 Å². The molecule has 1 atom stereocenters. The second-order valence-electron chi connectivity index (χ2n) is 6.87. The molecule has 6 nitrogen and oxygen atoms in total. The van der Waals surface area contributed by atoms with Gasteiger partial charge in [-0.05, 0) is 43.2 Å². The molecule has 2 aromatic carbocycles. The molecule has 1 aliphatic rings. The van der Waals surface area contributed by atoms with E-state index in [1.54, 1.807) is 54.3 Å². The highest BCUT2D eigenvalue weighted by atomic mass is 35.5. The Balaban J connectivity index is 1.76. The molecule has 0 aromatic heterocycles. The van der Waals surface area contributed by atoms with Crippen LogP contribution in [-0.4, -0.2) is 24.6 Å². The van der Waals surface area contributed by atoms with Crippen molar-refractivity contribution in [2.45, 2.75) is 26.9 Å². The maximum Gasteiger partial charge on any atom is 0.323 e. The molecule has 2 aromatic rings. The van der Waals surface area contributed by atoms with Crippen molar-refractivity contribution < 1.29 is 14.3 Å². The maximum atomic E-state index is 12.4. The highest BCUT2D eigenvalue weighted by Gasteiger charge is 2.31. The Kier molecular flexibility index (Phi) is 5.56. The van der Waals surface area contributed by atoms with Gasteiger partial charge in [0.05, 0.1) is 5.69 Å². The van der Waals surface area contributed by atoms with Gasteiger partial charge in [0.2, 0.25) is 0 Å². The molecule has 0 saturated heterocycles. The predicted molar refractivity (Wildman–Crippen MR) is 108 cm³/mol. The Morgan fingerprint density at radius 1 is 1.19 bits per heavy atom. The molecule has 0 fully saturated rings. The summed E-state index contributed by atoms with van der Waals surface area (Å²) in [5, 5.41) is 6.03. The predicted octanol–water partition coefficient (Wildman–Crippen LogP) is 4.75. The first kappa shape index (κ1) is 19.0. The summed E-state index contributed by atoms with van der Waals surface area (Å²) in [7, 11) is 0. The average Bonchev–Trinajstić information content (AvgIpc) is 2.58. The van der Waals surface area contributed by atoms with E-state index in [-0.39, 0.29) is 5.91 Å². The number of nitrogens with zero attached hydrogens (tertiary/aromatic N) is 1. The van der Waals surface area contributed by atoms with Crippen LogP contribution in [0.3, 0.4) is 0 Å². The summed E-state index contributed by atoms with van der Waals surface area (Å²) in [6.07, 6.45) is -0.563. The Morgan fingerprint density at radius 2 is 1.89 bits per heavy atom. The third-order valence-corrected chi connectivity index (χ3v) is 4.29. The second-order valence-corrected chi connectivity index (χ2v) is 7.31. The van der Waals surface area contributed by atoms with Crippen molar-refractivity contribution >= 4 is 40.6 Å². The summed E-state index contributed by atoms with van der Waals surface area (Å²) in [5.41, 5.74) is 1.88. The molecule has 7 heteroatoms. The largest absolute Gasteiger partial charge is 0.479 e. The van der Waals surface area contributed by atoms with Crippen molar-refractivity contribution in [3.63, 3.8) is 0 Å². The second kappa shape index (κ2) is 7.88. The minimum absolute atomic E-state index is 0.0596. The lowest BCUT2D eigenvalue weighted by Crippen LogP contribution is -2.46. The van der Waals surface area contributed by atoms with Crippen molar-refractivity contribution in [3.05, 3.63) is 47.5 Å². The summed E-state index contributed by atoms with van der Waals surface area (Å²) >= 11 is 5.92. The molecule has 0 saturated carbocycles.